The van der Waals surface area contributed by atoms with Crippen LogP contribution in [-0.4, -0.2) is 32.0 Å². The quantitative estimate of drug-likeness (QED) is 0.342. The number of ether oxygens (including phenoxy) is 2. The van der Waals surface area contributed by atoms with Crippen LogP contribution in [0.1, 0.15) is 6.92 Å². The molecule has 0 aromatic carbocycles. The molecule has 0 amide bonds. The third-order valence-electron chi connectivity index (χ3n) is 1.43. The lowest BCUT2D eigenvalue weighted by Gasteiger charge is -2.26. The van der Waals surface area contributed by atoms with Crippen molar-refractivity contribution in [1.29, 1.82) is 0 Å². The van der Waals surface area contributed by atoms with Gasteiger partial charge < -0.3 is 9.47 Å². The fourth-order valence-corrected chi connectivity index (χ4v) is 0.996. The molecule has 0 spiro atoms. The van der Waals surface area contributed by atoms with Crippen LogP contribution >= 0.6 is 0 Å². The highest BCUT2D eigenvalue weighted by molar-refractivity contribution is 4.67. The topological polar surface area (TPSA) is 67.2 Å². The fourth-order valence-electron chi connectivity index (χ4n) is 0.996. The van der Waals surface area contributed by atoms with Crippen LogP contribution in [0.2, 0.25) is 0 Å². The molecule has 1 aliphatic heterocycles. The summed E-state index contributed by atoms with van der Waals surface area (Å²) in [7, 11) is 0. The van der Waals surface area contributed by atoms with Crippen LogP contribution in [0, 0.1) is 0 Å². The standard InChI is InChI=1S/C6H11N3O2/c1-5-3-10-4-6(11-5)2-8-9-7/h5-6H,2-4H2,1H3. The molecule has 62 valence electrons. The van der Waals surface area contributed by atoms with Gasteiger partial charge in [-0.3, -0.25) is 0 Å². The van der Waals surface area contributed by atoms with E-state index in [4.69, 9.17) is 15.0 Å². The molecule has 0 saturated carbocycles. The second-order valence-electron chi connectivity index (χ2n) is 2.52. The molecule has 1 heterocycles. The van der Waals surface area contributed by atoms with Crippen LogP contribution in [-0.2, 0) is 9.47 Å². The van der Waals surface area contributed by atoms with Crippen LogP contribution in [0.5, 0.6) is 0 Å². The molecule has 11 heavy (non-hydrogen) atoms. The minimum Gasteiger partial charge on any atom is -0.376 e. The van der Waals surface area contributed by atoms with E-state index in [-0.39, 0.29) is 12.2 Å². The second-order valence-corrected chi connectivity index (χ2v) is 2.52. The number of nitrogens with zero attached hydrogens (tertiary/aromatic N) is 3. The van der Waals surface area contributed by atoms with E-state index in [1.165, 1.54) is 0 Å². The van der Waals surface area contributed by atoms with E-state index in [0.717, 1.165) is 0 Å². The van der Waals surface area contributed by atoms with Crippen molar-refractivity contribution in [3.05, 3.63) is 10.4 Å². The highest BCUT2D eigenvalue weighted by atomic mass is 16.6. The summed E-state index contributed by atoms with van der Waals surface area (Å²) in [4.78, 5) is 2.64. The molecule has 0 bridgehead atoms. The average Bonchev–Trinajstić information content (AvgIpc) is 2.01. The SMILES string of the molecule is CC1COCC(CN=[N+]=[N-])O1. The van der Waals surface area contributed by atoms with Gasteiger partial charge in [0.1, 0.15) is 0 Å². The van der Waals surface area contributed by atoms with E-state index in [0.29, 0.717) is 19.8 Å². The summed E-state index contributed by atoms with van der Waals surface area (Å²) in [5, 5.41) is 3.41. The predicted octanol–water partition coefficient (Wildman–Crippen LogP) is 1.10. The largest absolute Gasteiger partial charge is 0.376 e. The smallest absolute Gasteiger partial charge is 0.0869 e. The summed E-state index contributed by atoms with van der Waals surface area (Å²) in [5.74, 6) is 0. The molecule has 5 nitrogen and oxygen atoms in total. The molecule has 1 aliphatic rings. The van der Waals surface area contributed by atoms with Crippen molar-refractivity contribution in [1.82, 2.24) is 0 Å². The van der Waals surface area contributed by atoms with Crippen LogP contribution in [0.4, 0.5) is 0 Å². The van der Waals surface area contributed by atoms with Gasteiger partial charge in [0.2, 0.25) is 0 Å². The van der Waals surface area contributed by atoms with E-state index >= 15 is 0 Å². The molecule has 0 aliphatic carbocycles. The molecule has 0 aromatic heterocycles. The average molecular weight is 157 g/mol. The zero-order valence-corrected chi connectivity index (χ0v) is 6.43. The maximum Gasteiger partial charge on any atom is 0.0869 e. The van der Waals surface area contributed by atoms with E-state index < -0.39 is 0 Å². The number of hydrogen-bond acceptors (Lipinski definition) is 3. The summed E-state index contributed by atoms with van der Waals surface area (Å²) < 4.78 is 10.6. The highest BCUT2D eigenvalue weighted by Gasteiger charge is 2.18. The molecule has 0 aromatic rings. The Morgan fingerprint density at radius 1 is 1.64 bits per heavy atom. The lowest BCUT2D eigenvalue weighted by Crippen LogP contribution is -2.36. The van der Waals surface area contributed by atoms with Crippen molar-refractivity contribution in [3.8, 4) is 0 Å². The van der Waals surface area contributed by atoms with Crippen LogP contribution < -0.4 is 0 Å². The van der Waals surface area contributed by atoms with Gasteiger partial charge in [-0.25, -0.2) is 0 Å². The van der Waals surface area contributed by atoms with Crippen molar-refractivity contribution in [2.45, 2.75) is 19.1 Å². The van der Waals surface area contributed by atoms with Crippen molar-refractivity contribution in [2.24, 2.45) is 5.11 Å². The number of hydrogen-bond donors (Lipinski definition) is 0. The molecule has 1 rings (SSSR count). The van der Waals surface area contributed by atoms with Gasteiger partial charge in [-0.15, -0.1) is 0 Å². The van der Waals surface area contributed by atoms with Gasteiger partial charge >= 0.3 is 0 Å². The maximum absolute atomic E-state index is 8.02. The molecule has 2 atom stereocenters. The first-order valence-electron chi connectivity index (χ1n) is 3.57. The Morgan fingerprint density at radius 2 is 2.45 bits per heavy atom. The molecule has 0 N–H and O–H groups in total. The summed E-state index contributed by atoms with van der Waals surface area (Å²) in [5.41, 5.74) is 8.02. The highest BCUT2D eigenvalue weighted by Crippen LogP contribution is 2.07. The summed E-state index contributed by atoms with van der Waals surface area (Å²) in [6.07, 6.45) is 0.0530. The van der Waals surface area contributed by atoms with Gasteiger partial charge in [-0.1, -0.05) is 5.11 Å². The molecule has 5 heteroatoms. The molecule has 1 saturated heterocycles. The van der Waals surface area contributed by atoms with E-state index in [1.54, 1.807) is 0 Å². The van der Waals surface area contributed by atoms with Crippen LogP contribution in [0.15, 0.2) is 5.11 Å². The molecule has 1 fully saturated rings. The number of rotatable bonds is 2. The predicted molar refractivity (Wildman–Crippen MR) is 39.2 cm³/mol. The Kier molecular flexibility index (Phi) is 3.16. The third kappa shape index (κ3) is 2.76. The molecule has 0 radical (unpaired) electrons. The van der Waals surface area contributed by atoms with Gasteiger partial charge in [0.15, 0.2) is 0 Å². The van der Waals surface area contributed by atoms with Crippen molar-refractivity contribution in [2.75, 3.05) is 19.8 Å². The maximum atomic E-state index is 8.02. The first-order valence-corrected chi connectivity index (χ1v) is 3.57. The van der Waals surface area contributed by atoms with Crippen LogP contribution in [0.3, 0.4) is 0 Å². The minimum atomic E-state index is -0.0605. The summed E-state index contributed by atoms with van der Waals surface area (Å²) in [6, 6.07) is 0. The van der Waals surface area contributed by atoms with Crippen molar-refractivity contribution >= 4 is 0 Å². The van der Waals surface area contributed by atoms with E-state index in [9.17, 15) is 0 Å². The Bertz CT molecular complexity index is 167. The van der Waals surface area contributed by atoms with Gasteiger partial charge in [0, 0.05) is 4.91 Å². The molecule has 2 unspecified atom stereocenters. The molecular formula is C6H11N3O2. The lowest BCUT2D eigenvalue weighted by molar-refractivity contribution is -0.126. The normalized spacial score (nSPS) is 31.0. The first-order chi connectivity index (χ1) is 5.33. The molecular weight excluding hydrogens is 146 g/mol. The Morgan fingerprint density at radius 3 is 3.09 bits per heavy atom. The zero-order valence-electron chi connectivity index (χ0n) is 6.43. The second kappa shape index (κ2) is 4.18. The Hall–Kier alpha value is -0.770. The monoisotopic (exact) mass is 157 g/mol. The van der Waals surface area contributed by atoms with Crippen molar-refractivity contribution in [3.63, 3.8) is 0 Å². The Labute approximate surface area is 64.9 Å². The first kappa shape index (κ1) is 8.33. The van der Waals surface area contributed by atoms with E-state index in [1.807, 2.05) is 6.92 Å². The van der Waals surface area contributed by atoms with Gasteiger partial charge in [-0.05, 0) is 12.5 Å². The fraction of sp³-hybridized carbons (Fsp3) is 1.00. The minimum absolute atomic E-state index is 0.0605. The third-order valence-corrected chi connectivity index (χ3v) is 1.43. The van der Waals surface area contributed by atoms with Crippen LogP contribution in [0.25, 0.3) is 10.4 Å². The number of azide groups is 1. The van der Waals surface area contributed by atoms with Gasteiger partial charge in [0.05, 0.1) is 32.0 Å². The Balaban J connectivity index is 2.27. The van der Waals surface area contributed by atoms with Crippen molar-refractivity contribution < 1.29 is 9.47 Å². The van der Waals surface area contributed by atoms with E-state index in [2.05, 4.69) is 10.0 Å². The van der Waals surface area contributed by atoms with Gasteiger partial charge in [0.25, 0.3) is 0 Å². The zero-order chi connectivity index (χ0) is 8.10. The van der Waals surface area contributed by atoms with Gasteiger partial charge in [-0.2, -0.15) is 0 Å². The summed E-state index contributed by atoms with van der Waals surface area (Å²) >= 11 is 0. The lowest BCUT2D eigenvalue weighted by atomic mass is 10.3. The summed E-state index contributed by atoms with van der Waals surface area (Å²) in [6.45, 7) is 3.46.